The zero-order valence-electron chi connectivity index (χ0n) is 12.1. The van der Waals surface area contributed by atoms with E-state index in [1.165, 1.54) is 24.3 Å². The smallest absolute Gasteiger partial charge is 0.262 e. The van der Waals surface area contributed by atoms with Gasteiger partial charge in [0.15, 0.2) is 0 Å². The molecule has 23 heavy (non-hydrogen) atoms. The zero-order chi connectivity index (χ0) is 16.2. The molecule has 0 spiro atoms. The van der Waals surface area contributed by atoms with Gasteiger partial charge in [0, 0.05) is 19.5 Å². The maximum Gasteiger partial charge on any atom is 0.262 e. The highest BCUT2D eigenvalue weighted by Gasteiger charge is 2.42. The maximum absolute atomic E-state index is 13.3. The summed E-state index contributed by atoms with van der Waals surface area (Å²) in [5, 5.41) is 7.31. The lowest BCUT2D eigenvalue weighted by molar-refractivity contribution is -0.123. The van der Waals surface area contributed by atoms with Gasteiger partial charge in [-0.2, -0.15) is 0 Å². The molecule has 2 rings (SSSR count). The zero-order valence-corrected chi connectivity index (χ0v) is 12.9. The Bertz CT molecular complexity index is 572. The molecule has 9 heteroatoms. The van der Waals surface area contributed by atoms with E-state index in [1.807, 2.05) is 0 Å². The van der Waals surface area contributed by atoms with Crippen LogP contribution in [0.25, 0.3) is 0 Å². The van der Waals surface area contributed by atoms with Gasteiger partial charge < -0.3 is 10.6 Å². The minimum absolute atomic E-state index is 0. The molecular formula is C14H17ClF3N3O2. The third kappa shape index (κ3) is 5.40. The molecule has 0 bridgehead atoms. The Labute approximate surface area is 137 Å². The molecule has 1 aliphatic rings. The third-order valence-corrected chi connectivity index (χ3v) is 3.25. The van der Waals surface area contributed by atoms with E-state index in [-0.39, 0.29) is 31.1 Å². The van der Waals surface area contributed by atoms with E-state index in [4.69, 9.17) is 0 Å². The minimum Gasteiger partial charge on any atom is -0.353 e. The van der Waals surface area contributed by atoms with Crippen molar-refractivity contribution in [2.45, 2.75) is 18.4 Å². The number of halogens is 4. The fourth-order valence-electron chi connectivity index (χ4n) is 2.13. The van der Waals surface area contributed by atoms with Crippen molar-refractivity contribution in [2.24, 2.45) is 0 Å². The van der Waals surface area contributed by atoms with Crippen LogP contribution in [0.1, 0.15) is 16.8 Å². The van der Waals surface area contributed by atoms with Crippen molar-refractivity contribution in [3.63, 3.8) is 0 Å². The molecule has 0 aromatic heterocycles. The van der Waals surface area contributed by atoms with Crippen molar-refractivity contribution < 1.29 is 22.8 Å². The molecule has 1 aliphatic heterocycles. The normalized spacial score (nSPS) is 18.8. The van der Waals surface area contributed by atoms with Crippen LogP contribution in [0.4, 0.5) is 13.2 Å². The number of alkyl halides is 2. The number of rotatable bonds is 5. The minimum atomic E-state index is -2.87. The molecule has 3 N–H and O–H groups in total. The van der Waals surface area contributed by atoms with Crippen molar-refractivity contribution in [3.8, 4) is 0 Å². The molecule has 1 aromatic carbocycles. The van der Waals surface area contributed by atoms with Gasteiger partial charge in [0.2, 0.25) is 5.91 Å². The molecule has 5 nitrogen and oxygen atoms in total. The molecule has 0 saturated carbocycles. The SMILES string of the molecule is Cl.O=C(NCCNC(=O)C1CC(F)(F)CN1)c1ccccc1F. The van der Waals surface area contributed by atoms with Crippen LogP contribution >= 0.6 is 12.4 Å². The molecule has 1 saturated heterocycles. The Kier molecular flexibility index (Phi) is 6.83. The van der Waals surface area contributed by atoms with Crippen LogP contribution in [0.5, 0.6) is 0 Å². The first kappa shape index (κ1) is 19.2. The molecule has 0 radical (unpaired) electrons. The Morgan fingerprint density at radius 2 is 1.87 bits per heavy atom. The Morgan fingerprint density at radius 3 is 2.48 bits per heavy atom. The fraction of sp³-hybridized carbons (Fsp3) is 0.429. The molecule has 1 heterocycles. The number of nitrogens with one attached hydrogen (secondary N) is 3. The van der Waals surface area contributed by atoms with Crippen molar-refractivity contribution in [1.29, 1.82) is 0 Å². The molecule has 1 fully saturated rings. The van der Waals surface area contributed by atoms with E-state index < -0.39 is 42.6 Å². The quantitative estimate of drug-likeness (QED) is 0.696. The number of carbonyl (C=O) groups is 2. The van der Waals surface area contributed by atoms with Gasteiger partial charge in [0.25, 0.3) is 11.8 Å². The average Bonchev–Trinajstić information content (AvgIpc) is 2.84. The second-order valence-corrected chi connectivity index (χ2v) is 5.02. The summed E-state index contributed by atoms with van der Waals surface area (Å²) in [6.45, 7) is -0.375. The lowest BCUT2D eigenvalue weighted by Crippen LogP contribution is -2.43. The predicted octanol–water partition coefficient (Wildman–Crippen LogP) is 1.09. The first-order chi connectivity index (χ1) is 10.4. The van der Waals surface area contributed by atoms with E-state index in [0.29, 0.717) is 0 Å². The summed E-state index contributed by atoms with van der Waals surface area (Å²) < 4.78 is 39.2. The largest absolute Gasteiger partial charge is 0.353 e. The highest BCUT2D eigenvalue weighted by Crippen LogP contribution is 2.24. The van der Waals surface area contributed by atoms with Gasteiger partial charge in [-0.25, -0.2) is 13.2 Å². The average molecular weight is 352 g/mol. The van der Waals surface area contributed by atoms with Crippen LogP contribution in [0, 0.1) is 5.82 Å². The molecule has 0 aliphatic carbocycles. The van der Waals surface area contributed by atoms with Gasteiger partial charge in [-0.15, -0.1) is 12.4 Å². The number of hydrogen-bond donors (Lipinski definition) is 3. The second kappa shape index (κ2) is 8.16. The Balaban J connectivity index is 0.00000264. The van der Waals surface area contributed by atoms with Gasteiger partial charge >= 0.3 is 0 Å². The summed E-state index contributed by atoms with van der Waals surface area (Å²) in [4.78, 5) is 23.3. The number of hydrogen-bond acceptors (Lipinski definition) is 3. The summed E-state index contributed by atoms with van der Waals surface area (Å²) in [7, 11) is 0. The van der Waals surface area contributed by atoms with Crippen molar-refractivity contribution in [2.75, 3.05) is 19.6 Å². The number of amides is 2. The van der Waals surface area contributed by atoms with Crippen molar-refractivity contribution in [1.82, 2.24) is 16.0 Å². The van der Waals surface area contributed by atoms with Gasteiger partial charge in [-0.1, -0.05) is 12.1 Å². The summed E-state index contributed by atoms with van der Waals surface area (Å²) >= 11 is 0. The van der Waals surface area contributed by atoms with E-state index >= 15 is 0 Å². The first-order valence-corrected chi connectivity index (χ1v) is 6.81. The summed E-state index contributed by atoms with van der Waals surface area (Å²) in [5.74, 6) is -4.65. The van der Waals surface area contributed by atoms with Gasteiger partial charge in [-0.3, -0.25) is 14.9 Å². The summed E-state index contributed by atoms with van der Waals surface area (Å²) in [5.41, 5.74) is -0.0917. The van der Waals surface area contributed by atoms with E-state index in [1.54, 1.807) is 0 Å². The number of carbonyl (C=O) groups excluding carboxylic acids is 2. The van der Waals surface area contributed by atoms with Crippen LogP contribution in [-0.4, -0.2) is 43.4 Å². The van der Waals surface area contributed by atoms with Gasteiger partial charge in [0.1, 0.15) is 5.82 Å². The lowest BCUT2D eigenvalue weighted by atomic mass is 10.2. The highest BCUT2D eigenvalue weighted by molar-refractivity contribution is 5.94. The van der Waals surface area contributed by atoms with Crippen molar-refractivity contribution >= 4 is 24.2 Å². The maximum atomic E-state index is 13.3. The third-order valence-electron chi connectivity index (χ3n) is 3.25. The molecular weight excluding hydrogens is 335 g/mol. The van der Waals surface area contributed by atoms with Crippen LogP contribution in [0.2, 0.25) is 0 Å². The van der Waals surface area contributed by atoms with Gasteiger partial charge in [0.05, 0.1) is 18.2 Å². The molecule has 2 amide bonds. The van der Waals surface area contributed by atoms with Crippen LogP contribution in [-0.2, 0) is 4.79 Å². The van der Waals surface area contributed by atoms with E-state index in [9.17, 15) is 22.8 Å². The highest BCUT2D eigenvalue weighted by atomic mass is 35.5. The Morgan fingerprint density at radius 1 is 1.22 bits per heavy atom. The second-order valence-electron chi connectivity index (χ2n) is 5.02. The van der Waals surface area contributed by atoms with Gasteiger partial charge in [-0.05, 0) is 12.1 Å². The van der Waals surface area contributed by atoms with E-state index in [2.05, 4.69) is 16.0 Å². The molecule has 128 valence electrons. The lowest BCUT2D eigenvalue weighted by Gasteiger charge is -2.11. The summed E-state index contributed by atoms with van der Waals surface area (Å²) in [6.07, 6.45) is -0.541. The van der Waals surface area contributed by atoms with Crippen LogP contribution in [0.3, 0.4) is 0 Å². The molecule has 1 unspecified atom stereocenters. The Hall–Kier alpha value is -1.80. The molecule has 1 atom stereocenters. The molecule has 1 aromatic rings. The topological polar surface area (TPSA) is 70.2 Å². The standard InChI is InChI=1S/C14H16F3N3O2.ClH/c15-10-4-2-1-3-9(10)12(21)18-5-6-19-13(22)11-7-14(16,17)8-20-11;/h1-4,11,20H,5-8H2,(H,18,21)(H,19,22);1H. The first-order valence-electron chi connectivity index (χ1n) is 6.81. The fourth-order valence-corrected chi connectivity index (χ4v) is 2.13. The monoisotopic (exact) mass is 351 g/mol. The van der Waals surface area contributed by atoms with Crippen LogP contribution in [0.15, 0.2) is 24.3 Å². The van der Waals surface area contributed by atoms with Crippen molar-refractivity contribution in [3.05, 3.63) is 35.6 Å². The van der Waals surface area contributed by atoms with E-state index in [0.717, 1.165) is 0 Å². The number of benzene rings is 1. The summed E-state index contributed by atoms with van der Waals surface area (Å²) in [6, 6.07) is 4.58. The predicted molar refractivity (Wildman–Crippen MR) is 80.3 cm³/mol. The van der Waals surface area contributed by atoms with Crippen LogP contribution < -0.4 is 16.0 Å².